The van der Waals surface area contributed by atoms with Crippen LogP contribution >= 0.6 is 23.2 Å². The molecule has 0 aliphatic rings. The fourth-order valence-electron chi connectivity index (χ4n) is 2.18. The zero-order valence-electron chi connectivity index (χ0n) is 15.1. The molecule has 2 aromatic rings. The van der Waals surface area contributed by atoms with Gasteiger partial charge in [0.1, 0.15) is 17.9 Å². The van der Waals surface area contributed by atoms with Gasteiger partial charge in [0, 0.05) is 21.7 Å². The van der Waals surface area contributed by atoms with Crippen molar-refractivity contribution in [1.82, 2.24) is 5.32 Å². The predicted octanol–water partition coefficient (Wildman–Crippen LogP) is 4.64. The summed E-state index contributed by atoms with van der Waals surface area (Å²) in [5.41, 5.74) is 0.969. The van der Waals surface area contributed by atoms with Crippen LogP contribution in [0.25, 0.3) is 0 Å². The Kier molecular flexibility index (Phi) is 7.95. The third kappa shape index (κ3) is 6.45. The molecule has 0 saturated heterocycles. The minimum absolute atomic E-state index is 0.0240. The van der Waals surface area contributed by atoms with Gasteiger partial charge >= 0.3 is 5.97 Å². The van der Waals surface area contributed by atoms with E-state index in [1.807, 2.05) is 13.8 Å². The van der Waals surface area contributed by atoms with E-state index in [4.69, 9.17) is 32.7 Å². The number of carbonyl (C=O) groups is 2. The molecule has 0 bridgehead atoms. The molecular formula is C20H21Cl2NO4. The molecule has 0 fully saturated rings. The first-order chi connectivity index (χ1) is 12.9. The molecule has 0 aromatic heterocycles. The van der Waals surface area contributed by atoms with E-state index in [0.717, 1.165) is 12.0 Å². The summed E-state index contributed by atoms with van der Waals surface area (Å²) in [5, 5.41) is 3.74. The summed E-state index contributed by atoms with van der Waals surface area (Å²) in [7, 11) is 0. The Morgan fingerprint density at radius 2 is 1.89 bits per heavy atom. The molecule has 2 aromatic carbocycles. The Morgan fingerprint density at radius 3 is 2.59 bits per heavy atom. The van der Waals surface area contributed by atoms with Gasteiger partial charge in [-0.15, -0.1) is 0 Å². The number of rotatable bonds is 8. The fourth-order valence-corrected chi connectivity index (χ4v) is 2.65. The quantitative estimate of drug-likeness (QED) is 0.644. The van der Waals surface area contributed by atoms with Gasteiger partial charge in [0.25, 0.3) is 5.91 Å². The van der Waals surface area contributed by atoms with Crippen LogP contribution in [0.2, 0.25) is 10.0 Å². The van der Waals surface area contributed by atoms with Crippen molar-refractivity contribution in [2.45, 2.75) is 32.9 Å². The summed E-state index contributed by atoms with van der Waals surface area (Å²) in [6.07, 6.45) is 0.795. The van der Waals surface area contributed by atoms with E-state index in [0.29, 0.717) is 15.8 Å². The van der Waals surface area contributed by atoms with Crippen molar-refractivity contribution >= 4 is 35.1 Å². The van der Waals surface area contributed by atoms with Gasteiger partial charge in [-0.25, -0.2) is 4.79 Å². The fraction of sp³-hybridized carbons (Fsp3) is 0.300. The molecule has 0 aliphatic heterocycles. The van der Waals surface area contributed by atoms with Gasteiger partial charge < -0.3 is 14.8 Å². The second-order valence-electron chi connectivity index (χ2n) is 5.97. The largest absolute Gasteiger partial charge is 0.488 e. The third-order valence-electron chi connectivity index (χ3n) is 3.86. The van der Waals surface area contributed by atoms with E-state index >= 15 is 0 Å². The third-order valence-corrected chi connectivity index (χ3v) is 4.45. The molecule has 0 unspecified atom stereocenters. The molecule has 1 amide bonds. The van der Waals surface area contributed by atoms with Crippen molar-refractivity contribution < 1.29 is 19.1 Å². The lowest BCUT2D eigenvalue weighted by Crippen LogP contribution is -2.35. The Morgan fingerprint density at radius 1 is 1.15 bits per heavy atom. The molecule has 0 saturated carbocycles. The minimum Gasteiger partial charge on any atom is -0.488 e. The van der Waals surface area contributed by atoms with Gasteiger partial charge in [0.2, 0.25) is 0 Å². The van der Waals surface area contributed by atoms with Crippen LogP contribution in [0.1, 0.15) is 36.2 Å². The zero-order valence-corrected chi connectivity index (χ0v) is 16.6. The molecule has 0 radical (unpaired) electrons. The Balaban J connectivity index is 1.99. The number of benzene rings is 2. The second-order valence-corrected chi connectivity index (χ2v) is 6.82. The standard InChI is InChI=1S/C20H21Cl2NO4/c1-3-13(2)23-19(24)12-27-20(25)16-6-4-5-7-18(16)26-11-14-8-9-15(21)10-17(14)22/h4-10,13H,3,11-12H2,1-2H3,(H,23,24)/t13-/m1/s1. The van der Waals surface area contributed by atoms with Crippen molar-refractivity contribution in [3.8, 4) is 5.75 Å². The van der Waals surface area contributed by atoms with Crippen molar-refractivity contribution in [3.63, 3.8) is 0 Å². The number of ether oxygens (including phenoxy) is 2. The maximum Gasteiger partial charge on any atom is 0.342 e. The van der Waals surface area contributed by atoms with Crippen LogP contribution in [-0.2, 0) is 16.1 Å². The lowest BCUT2D eigenvalue weighted by atomic mass is 10.2. The topological polar surface area (TPSA) is 64.6 Å². The molecule has 0 aliphatic carbocycles. The van der Waals surface area contributed by atoms with E-state index < -0.39 is 5.97 Å². The number of hydrogen-bond acceptors (Lipinski definition) is 4. The van der Waals surface area contributed by atoms with E-state index in [1.165, 1.54) is 0 Å². The summed E-state index contributed by atoms with van der Waals surface area (Å²) in [6, 6.07) is 11.8. The van der Waals surface area contributed by atoms with E-state index in [1.54, 1.807) is 42.5 Å². The van der Waals surface area contributed by atoms with Gasteiger partial charge in [0.05, 0.1) is 0 Å². The monoisotopic (exact) mass is 409 g/mol. The highest BCUT2D eigenvalue weighted by atomic mass is 35.5. The van der Waals surface area contributed by atoms with Crippen LogP contribution in [0.15, 0.2) is 42.5 Å². The average Bonchev–Trinajstić information content (AvgIpc) is 2.65. The highest BCUT2D eigenvalue weighted by Crippen LogP contribution is 2.24. The lowest BCUT2D eigenvalue weighted by molar-refractivity contribution is -0.124. The van der Waals surface area contributed by atoms with E-state index in [2.05, 4.69) is 5.32 Å². The van der Waals surface area contributed by atoms with Gasteiger partial charge in [-0.1, -0.05) is 48.3 Å². The smallest absolute Gasteiger partial charge is 0.342 e. The molecule has 0 spiro atoms. The van der Waals surface area contributed by atoms with Crippen molar-refractivity contribution in [2.75, 3.05) is 6.61 Å². The van der Waals surface area contributed by atoms with E-state index in [-0.39, 0.29) is 30.7 Å². The summed E-state index contributed by atoms with van der Waals surface area (Å²) < 4.78 is 10.8. The normalized spacial score (nSPS) is 11.6. The Hall–Kier alpha value is -2.24. The summed E-state index contributed by atoms with van der Waals surface area (Å²) in [5.74, 6) is -0.632. The lowest BCUT2D eigenvalue weighted by Gasteiger charge is -2.13. The first-order valence-electron chi connectivity index (χ1n) is 8.53. The van der Waals surface area contributed by atoms with Crippen LogP contribution in [0.4, 0.5) is 0 Å². The van der Waals surface area contributed by atoms with Gasteiger partial charge in [-0.2, -0.15) is 0 Å². The summed E-state index contributed by atoms with van der Waals surface area (Å²) in [6.45, 7) is 3.65. The van der Waals surface area contributed by atoms with E-state index in [9.17, 15) is 9.59 Å². The van der Waals surface area contributed by atoms with Crippen molar-refractivity contribution in [1.29, 1.82) is 0 Å². The number of halogens is 2. The van der Waals surface area contributed by atoms with Gasteiger partial charge in [0.15, 0.2) is 6.61 Å². The first-order valence-corrected chi connectivity index (χ1v) is 9.28. The van der Waals surface area contributed by atoms with Crippen LogP contribution < -0.4 is 10.1 Å². The number of hydrogen-bond donors (Lipinski definition) is 1. The number of carbonyl (C=O) groups excluding carboxylic acids is 2. The molecule has 1 N–H and O–H groups in total. The number of nitrogens with one attached hydrogen (secondary N) is 1. The molecule has 1 atom stereocenters. The molecular weight excluding hydrogens is 389 g/mol. The maximum absolute atomic E-state index is 12.3. The second kappa shape index (κ2) is 10.2. The van der Waals surface area contributed by atoms with Crippen LogP contribution in [0, 0.1) is 0 Å². The van der Waals surface area contributed by atoms with Gasteiger partial charge in [-0.05, 0) is 37.6 Å². The van der Waals surface area contributed by atoms with Crippen LogP contribution in [-0.4, -0.2) is 24.5 Å². The van der Waals surface area contributed by atoms with Gasteiger partial charge in [-0.3, -0.25) is 4.79 Å². The Bertz CT molecular complexity index is 810. The molecule has 2 rings (SSSR count). The number of esters is 1. The average molecular weight is 410 g/mol. The highest BCUT2D eigenvalue weighted by Gasteiger charge is 2.16. The summed E-state index contributed by atoms with van der Waals surface area (Å²) >= 11 is 12.0. The molecule has 27 heavy (non-hydrogen) atoms. The highest BCUT2D eigenvalue weighted by molar-refractivity contribution is 6.35. The maximum atomic E-state index is 12.3. The molecule has 7 heteroatoms. The SMILES string of the molecule is CC[C@@H](C)NC(=O)COC(=O)c1ccccc1OCc1ccc(Cl)cc1Cl. The van der Waals surface area contributed by atoms with Crippen molar-refractivity contribution in [2.24, 2.45) is 0 Å². The number of para-hydroxylation sites is 1. The predicted molar refractivity (Wildman–Crippen MR) is 105 cm³/mol. The minimum atomic E-state index is -0.632. The Labute approximate surface area is 168 Å². The number of amides is 1. The molecule has 5 nitrogen and oxygen atoms in total. The first kappa shape index (κ1) is 21.1. The van der Waals surface area contributed by atoms with Crippen LogP contribution in [0.3, 0.4) is 0 Å². The summed E-state index contributed by atoms with van der Waals surface area (Å²) in [4.78, 5) is 24.1. The zero-order chi connectivity index (χ0) is 19.8. The molecule has 144 valence electrons. The van der Waals surface area contributed by atoms with Crippen molar-refractivity contribution in [3.05, 3.63) is 63.6 Å². The molecule has 0 heterocycles. The van der Waals surface area contributed by atoms with Crippen LogP contribution in [0.5, 0.6) is 5.75 Å².